The highest BCUT2D eigenvalue weighted by atomic mass is 28.3. The predicted octanol–water partition coefficient (Wildman–Crippen LogP) is 9.58. The minimum Gasteiger partial charge on any atom is -0.465 e. The molecule has 0 fully saturated rings. The fourth-order valence-corrected chi connectivity index (χ4v) is 13.9. The number of anilines is 1. The molecule has 0 saturated carbocycles. The van der Waals surface area contributed by atoms with E-state index in [9.17, 15) is 9.59 Å². The SMILES string of the molecule is CCCCCCCCCCCCCCCCCC(=O)OCC(CC[Si](c1ccccc1)(c1ccccc1)C(C)(C)C)Cn1cnc2c(=O)[nH]c(N)nc21. The molecular weight excluding hydrogens is 675 g/mol. The van der Waals surface area contributed by atoms with E-state index in [2.05, 4.69) is 103 Å². The molecule has 0 amide bonds. The lowest BCUT2D eigenvalue weighted by atomic mass is 10.0. The lowest BCUT2D eigenvalue weighted by Crippen LogP contribution is -2.64. The second-order valence-electron chi connectivity index (χ2n) is 16.2. The molecule has 0 spiro atoms. The van der Waals surface area contributed by atoms with Crippen molar-refractivity contribution in [3.05, 3.63) is 77.3 Å². The fourth-order valence-electron chi connectivity index (χ4n) is 8.10. The molecule has 0 saturated heterocycles. The summed E-state index contributed by atoms with van der Waals surface area (Å²) in [4.78, 5) is 37.0. The van der Waals surface area contributed by atoms with Crippen LogP contribution < -0.4 is 21.7 Å². The normalized spacial score (nSPS) is 12.7. The average Bonchev–Trinajstić information content (AvgIpc) is 3.55. The summed E-state index contributed by atoms with van der Waals surface area (Å²) >= 11 is 0. The summed E-state index contributed by atoms with van der Waals surface area (Å²) in [6.07, 6.45) is 22.3. The molecule has 0 bridgehead atoms. The number of carbonyl (C=O) groups is 1. The van der Waals surface area contributed by atoms with Crippen LogP contribution in [0.5, 0.6) is 0 Å². The van der Waals surface area contributed by atoms with Crippen molar-refractivity contribution < 1.29 is 9.53 Å². The average molecular weight is 742 g/mol. The maximum atomic E-state index is 13.1. The number of ether oxygens (including phenoxy) is 1. The number of H-pyrrole nitrogens is 1. The van der Waals surface area contributed by atoms with E-state index < -0.39 is 8.07 Å². The van der Waals surface area contributed by atoms with Gasteiger partial charge in [0.1, 0.15) is 8.07 Å². The van der Waals surface area contributed by atoms with Crippen LogP contribution in [0.25, 0.3) is 11.2 Å². The maximum Gasteiger partial charge on any atom is 0.305 e. The molecule has 2 aromatic heterocycles. The summed E-state index contributed by atoms with van der Waals surface area (Å²) in [5, 5.41) is 2.81. The van der Waals surface area contributed by atoms with E-state index in [1.54, 1.807) is 6.33 Å². The monoisotopic (exact) mass is 742 g/mol. The van der Waals surface area contributed by atoms with Crippen LogP contribution in [-0.2, 0) is 16.1 Å². The zero-order chi connectivity index (χ0) is 37.9. The van der Waals surface area contributed by atoms with Crippen molar-refractivity contribution in [1.29, 1.82) is 0 Å². The van der Waals surface area contributed by atoms with Crippen LogP contribution >= 0.6 is 0 Å². The van der Waals surface area contributed by atoms with Crippen LogP contribution in [0.3, 0.4) is 0 Å². The number of hydrogen-bond donors (Lipinski definition) is 2. The minimum absolute atomic E-state index is 0.00941. The van der Waals surface area contributed by atoms with Gasteiger partial charge in [-0.05, 0) is 23.9 Å². The van der Waals surface area contributed by atoms with Gasteiger partial charge in [0.2, 0.25) is 5.95 Å². The second kappa shape index (κ2) is 21.8. The molecule has 3 N–H and O–H groups in total. The van der Waals surface area contributed by atoms with Crippen LogP contribution in [0.4, 0.5) is 5.95 Å². The molecule has 4 aromatic rings. The first-order valence-corrected chi connectivity index (χ1v) is 22.8. The predicted molar refractivity (Wildman–Crippen MR) is 224 cm³/mol. The number of nitrogens with zero attached hydrogens (tertiary/aromatic N) is 3. The molecule has 2 heterocycles. The number of nitrogen functional groups attached to an aromatic ring is 1. The van der Waals surface area contributed by atoms with Gasteiger partial charge in [-0.2, -0.15) is 4.98 Å². The van der Waals surface area contributed by atoms with Crippen molar-refractivity contribution in [2.24, 2.45) is 5.92 Å². The number of carbonyl (C=O) groups excluding carboxylic acids is 1. The van der Waals surface area contributed by atoms with E-state index in [1.165, 1.54) is 93.8 Å². The van der Waals surface area contributed by atoms with Gasteiger partial charge in [0, 0.05) is 18.9 Å². The summed E-state index contributed by atoms with van der Waals surface area (Å²) in [6, 6.07) is 22.9. The second-order valence-corrected chi connectivity index (χ2v) is 21.2. The van der Waals surface area contributed by atoms with Crippen LogP contribution in [-0.4, -0.2) is 40.2 Å². The third-order valence-electron chi connectivity index (χ3n) is 11.2. The molecular formula is C44H67N5O3Si. The van der Waals surface area contributed by atoms with Crippen LogP contribution in [0.2, 0.25) is 11.1 Å². The van der Waals surface area contributed by atoms with Crippen LogP contribution in [0.1, 0.15) is 137 Å². The highest BCUT2D eigenvalue weighted by Crippen LogP contribution is 2.40. The Hall–Kier alpha value is -3.72. The molecule has 290 valence electrons. The lowest BCUT2D eigenvalue weighted by molar-refractivity contribution is -0.145. The van der Waals surface area contributed by atoms with Crippen molar-refractivity contribution in [3.8, 4) is 0 Å². The maximum absolute atomic E-state index is 13.1. The van der Waals surface area contributed by atoms with Gasteiger partial charge in [-0.1, -0.05) is 189 Å². The van der Waals surface area contributed by atoms with Gasteiger partial charge in [0.25, 0.3) is 5.56 Å². The van der Waals surface area contributed by atoms with Gasteiger partial charge in [-0.3, -0.25) is 14.6 Å². The topological polar surface area (TPSA) is 116 Å². The molecule has 0 aliphatic rings. The number of imidazole rings is 1. The van der Waals surface area contributed by atoms with Crippen LogP contribution in [0.15, 0.2) is 71.8 Å². The van der Waals surface area contributed by atoms with Crippen molar-refractivity contribution in [1.82, 2.24) is 19.5 Å². The third kappa shape index (κ3) is 12.7. The van der Waals surface area contributed by atoms with Crippen LogP contribution in [0, 0.1) is 5.92 Å². The van der Waals surface area contributed by atoms with Crippen molar-refractivity contribution in [3.63, 3.8) is 0 Å². The van der Waals surface area contributed by atoms with E-state index in [0.29, 0.717) is 25.2 Å². The first kappa shape index (κ1) is 42.0. The van der Waals surface area contributed by atoms with E-state index in [4.69, 9.17) is 10.5 Å². The van der Waals surface area contributed by atoms with E-state index >= 15 is 0 Å². The molecule has 53 heavy (non-hydrogen) atoms. The number of unbranched alkanes of at least 4 members (excludes halogenated alkanes) is 14. The standard InChI is InChI=1S/C44H67N5O3Si/c1-5-6-7-8-9-10-11-12-13-14-15-16-17-18-25-30-39(50)52-34-36(33-49-35-46-40-41(49)47-43(45)48-42(40)51)31-32-53(44(2,3)4,37-26-21-19-22-27-37)38-28-23-20-24-29-38/h19-24,26-29,35-36H,5-18,25,30-34H2,1-4H3,(H3,45,47,48,51). The fraction of sp³-hybridized carbons (Fsp3) is 0.591. The number of nitrogens with two attached hydrogens (primary N) is 1. The first-order chi connectivity index (χ1) is 25.7. The summed E-state index contributed by atoms with van der Waals surface area (Å²) in [5.41, 5.74) is 6.29. The number of fused-ring (bicyclic) bond motifs is 1. The quantitative estimate of drug-likeness (QED) is 0.0397. The minimum atomic E-state index is -2.35. The van der Waals surface area contributed by atoms with Gasteiger partial charge in [0.05, 0.1) is 12.9 Å². The van der Waals surface area contributed by atoms with Gasteiger partial charge in [-0.25, -0.2) is 4.98 Å². The highest BCUT2D eigenvalue weighted by molar-refractivity contribution is 7.04. The smallest absolute Gasteiger partial charge is 0.305 e. The molecule has 2 aromatic carbocycles. The van der Waals surface area contributed by atoms with E-state index in [0.717, 1.165) is 25.3 Å². The van der Waals surface area contributed by atoms with Gasteiger partial charge in [0.15, 0.2) is 11.2 Å². The van der Waals surface area contributed by atoms with E-state index in [1.807, 2.05) is 4.57 Å². The number of esters is 1. The Bertz CT molecular complexity index is 1640. The molecule has 9 heteroatoms. The number of nitrogens with one attached hydrogen (secondary N) is 1. The Morgan fingerprint density at radius 1 is 0.811 bits per heavy atom. The van der Waals surface area contributed by atoms with E-state index in [-0.39, 0.29) is 33.9 Å². The molecule has 1 unspecified atom stereocenters. The van der Waals surface area contributed by atoms with Crippen molar-refractivity contribution in [2.75, 3.05) is 12.3 Å². The molecule has 0 aliphatic carbocycles. The Balaban J connectivity index is 1.33. The zero-order valence-corrected chi connectivity index (χ0v) is 34.2. The Kier molecular flexibility index (Phi) is 17.3. The summed E-state index contributed by atoms with van der Waals surface area (Å²) in [5.74, 6) is -0.0890. The van der Waals surface area contributed by atoms with Crippen molar-refractivity contribution >= 4 is 41.5 Å². The molecule has 0 radical (unpaired) electrons. The zero-order valence-electron chi connectivity index (χ0n) is 33.2. The Morgan fingerprint density at radius 3 is 1.83 bits per heavy atom. The largest absolute Gasteiger partial charge is 0.465 e. The van der Waals surface area contributed by atoms with Gasteiger partial charge < -0.3 is 15.0 Å². The Labute approximate surface area is 319 Å². The highest BCUT2D eigenvalue weighted by Gasteiger charge is 2.47. The Morgan fingerprint density at radius 2 is 1.32 bits per heavy atom. The number of hydrogen-bond acceptors (Lipinski definition) is 6. The molecule has 4 rings (SSSR count). The summed E-state index contributed by atoms with van der Waals surface area (Å²) in [7, 11) is -2.35. The first-order valence-electron chi connectivity index (χ1n) is 20.6. The third-order valence-corrected chi connectivity index (χ3v) is 17.4. The number of aromatic amines is 1. The van der Waals surface area contributed by atoms with Crippen molar-refractivity contribution in [2.45, 2.75) is 154 Å². The number of rotatable bonds is 25. The molecule has 0 aliphatic heterocycles. The summed E-state index contributed by atoms with van der Waals surface area (Å²) < 4.78 is 7.91. The summed E-state index contributed by atoms with van der Waals surface area (Å²) in [6.45, 7) is 10.2. The van der Waals surface area contributed by atoms with Gasteiger partial charge in [-0.15, -0.1) is 0 Å². The number of aromatic nitrogens is 4. The lowest BCUT2D eigenvalue weighted by Gasteiger charge is -2.45. The number of benzene rings is 2. The molecule has 8 nitrogen and oxygen atoms in total. The van der Waals surface area contributed by atoms with Gasteiger partial charge >= 0.3 is 5.97 Å². The molecule has 1 atom stereocenters.